The van der Waals surface area contributed by atoms with Crippen molar-refractivity contribution in [3.05, 3.63) is 0 Å². The number of amides is 4. The molecule has 0 radical (unpaired) electrons. The van der Waals surface area contributed by atoms with E-state index in [9.17, 15) is 44.1 Å². The number of aliphatic hydroxyl groups excluding tert-OH is 3. The number of hydrogen-bond acceptors (Lipinski definition) is 11. The first-order chi connectivity index (χ1) is 16.9. The molecule has 0 aliphatic heterocycles. The normalized spacial score (nSPS) is 14.9. The summed E-state index contributed by atoms with van der Waals surface area (Å²) in [5, 5.41) is 54.1. The molecule has 0 aliphatic rings. The number of aliphatic carboxylic acids is 2. The van der Waals surface area contributed by atoms with Gasteiger partial charge in [0.25, 0.3) is 0 Å². The molecule has 17 nitrogen and oxygen atoms in total. The summed E-state index contributed by atoms with van der Waals surface area (Å²) in [6, 6.07) is -7.86. The fourth-order valence-electron chi connectivity index (χ4n) is 2.69. The molecule has 0 heterocycles. The number of nitrogens with two attached hydrogens (primary N) is 2. The zero-order valence-electron chi connectivity index (χ0n) is 19.4. The van der Waals surface area contributed by atoms with Gasteiger partial charge in [-0.25, -0.2) is 4.79 Å². The lowest BCUT2D eigenvalue weighted by Gasteiger charge is -2.24. The molecule has 13 N–H and O–H groups in total. The Balaban J connectivity index is 5.11. The molecule has 0 saturated carbocycles. The Kier molecular flexibility index (Phi) is 15.5. The highest BCUT2D eigenvalue weighted by atomic mass is 16.4. The van der Waals surface area contributed by atoms with Crippen LogP contribution in [-0.4, -0.2) is 118 Å². The Morgan fingerprint density at radius 2 is 1.03 bits per heavy atom. The monoisotopic (exact) mass is 522 g/mol. The number of nitrogens with one attached hydrogen (secondary N) is 4. The van der Waals surface area contributed by atoms with E-state index in [1.807, 2.05) is 16.0 Å². The fraction of sp³-hybridized carbons (Fsp3) is 0.684. The van der Waals surface area contributed by atoms with Crippen molar-refractivity contribution in [3.63, 3.8) is 0 Å². The van der Waals surface area contributed by atoms with Crippen LogP contribution in [0.3, 0.4) is 0 Å². The van der Waals surface area contributed by atoms with Crippen LogP contribution in [0, 0.1) is 0 Å². The molecule has 0 aromatic heterocycles. The second-order valence-corrected chi connectivity index (χ2v) is 7.62. The van der Waals surface area contributed by atoms with Crippen molar-refractivity contribution in [2.45, 2.75) is 55.9 Å². The number of carbonyl (C=O) groups excluding carboxylic acids is 4. The molecule has 0 aromatic carbocycles. The molecule has 4 amide bonds. The largest absolute Gasteiger partial charge is 0.481 e. The summed E-state index contributed by atoms with van der Waals surface area (Å²) in [4.78, 5) is 70.9. The van der Waals surface area contributed by atoms with Crippen molar-refractivity contribution in [3.8, 4) is 0 Å². The summed E-state index contributed by atoms with van der Waals surface area (Å²) in [5.74, 6) is -7.47. The number of carbonyl (C=O) groups is 6. The van der Waals surface area contributed by atoms with Crippen molar-refractivity contribution in [1.82, 2.24) is 21.3 Å². The number of carboxylic acid groups (broad SMARTS) is 2. The topological polar surface area (TPSA) is 304 Å². The van der Waals surface area contributed by atoms with Crippen molar-refractivity contribution in [2.75, 3.05) is 26.4 Å². The van der Waals surface area contributed by atoms with Gasteiger partial charge in [0.15, 0.2) is 0 Å². The van der Waals surface area contributed by atoms with E-state index < -0.39 is 92.0 Å². The van der Waals surface area contributed by atoms with Crippen LogP contribution in [0.25, 0.3) is 0 Å². The van der Waals surface area contributed by atoms with E-state index in [1.165, 1.54) is 0 Å². The highest BCUT2D eigenvalue weighted by Gasteiger charge is 2.31. The Morgan fingerprint density at radius 1 is 0.639 bits per heavy atom. The average Bonchev–Trinajstić information content (AvgIpc) is 2.82. The summed E-state index contributed by atoms with van der Waals surface area (Å²) in [6.45, 7) is -2.52. The number of unbranched alkanes of at least 4 members (excludes halogenated alkanes) is 1. The Bertz CT molecular complexity index is 781. The van der Waals surface area contributed by atoms with Gasteiger partial charge in [-0.05, 0) is 19.4 Å². The van der Waals surface area contributed by atoms with E-state index in [0.29, 0.717) is 19.4 Å². The molecule has 0 bridgehead atoms. The highest BCUT2D eigenvalue weighted by molar-refractivity contribution is 5.95. The molecule has 0 aromatic rings. The maximum absolute atomic E-state index is 12.4. The van der Waals surface area contributed by atoms with Gasteiger partial charge >= 0.3 is 11.9 Å². The van der Waals surface area contributed by atoms with Crippen LogP contribution in [0.5, 0.6) is 0 Å². The molecular formula is C19H34N6O11. The predicted molar refractivity (Wildman–Crippen MR) is 120 cm³/mol. The summed E-state index contributed by atoms with van der Waals surface area (Å²) in [7, 11) is 0. The minimum absolute atomic E-state index is 0.268. The Hall–Kier alpha value is -3.38. The van der Waals surface area contributed by atoms with Gasteiger partial charge in [-0.1, -0.05) is 6.42 Å². The summed E-state index contributed by atoms with van der Waals surface area (Å²) in [5.41, 5.74) is 11.1. The minimum atomic E-state index is -1.86. The maximum Gasteiger partial charge on any atom is 0.326 e. The van der Waals surface area contributed by atoms with E-state index >= 15 is 0 Å². The SMILES string of the molecule is NCCCC[C@H](N)C(=O)N[C@@H](CO)C(=O)N[C@@H](CO)C(=O)N[C@@H](CO)C(=O)N[C@@H](CC(=O)O)C(=O)O. The number of rotatable bonds is 18. The molecule has 5 atom stereocenters. The van der Waals surface area contributed by atoms with E-state index in [4.69, 9.17) is 21.7 Å². The van der Waals surface area contributed by atoms with Crippen LogP contribution in [0.15, 0.2) is 0 Å². The predicted octanol–water partition coefficient (Wildman–Crippen LogP) is -6.08. The van der Waals surface area contributed by atoms with Gasteiger partial charge in [0.1, 0.15) is 24.2 Å². The number of aliphatic hydroxyl groups is 3. The zero-order chi connectivity index (χ0) is 27.8. The Labute approximate surface area is 205 Å². The van der Waals surface area contributed by atoms with Crippen LogP contribution in [0.1, 0.15) is 25.7 Å². The first-order valence-corrected chi connectivity index (χ1v) is 10.9. The molecular weight excluding hydrogens is 488 g/mol. The quantitative estimate of drug-likeness (QED) is 0.0747. The first-order valence-electron chi connectivity index (χ1n) is 10.9. The third kappa shape index (κ3) is 11.8. The van der Waals surface area contributed by atoms with Crippen molar-refractivity contribution < 1.29 is 54.3 Å². The standard InChI is InChI=1S/C19H34N6O11/c20-4-2-1-3-9(21)15(31)23-11(6-26)17(33)25-13(8-28)18(34)24-12(7-27)16(32)22-10(19(35)36)5-14(29)30/h9-13,26-28H,1-8,20-21H2,(H,22,32)(H,23,31)(H,24,34)(H,25,33)(H,29,30)(H,35,36)/t9-,10-,11-,12-,13-/m0/s1. The van der Waals surface area contributed by atoms with Gasteiger partial charge in [0.05, 0.1) is 32.3 Å². The second-order valence-electron chi connectivity index (χ2n) is 7.62. The van der Waals surface area contributed by atoms with Crippen molar-refractivity contribution >= 4 is 35.6 Å². The van der Waals surface area contributed by atoms with Gasteiger partial charge in [0.2, 0.25) is 23.6 Å². The van der Waals surface area contributed by atoms with Gasteiger partial charge in [-0.3, -0.25) is 24.0 Å². The molecule has 0 fully saturated rings. The van der Waals surface area contributed by atoms with Crippen molar-refractivity contribution in [1.29, 1.82) is 0 Å². The van der Waals surface area contributed by atoms with Crippen LogP contribution in [0.2, 0.25) is 0 Å². The van der Waals surface area contributed by atoms with Crippen LogP contribution < -0.4 is 32.7 Å². The van der Waals surface area contributed by atoms with Gasteiger partial charge in [0, 0.05) is 0 Å². The van der Waals surface area contributed by atoms with Crippen LogP contribution >= 0.6 is 0 Å². The summed E-state index contributed by atoms with van der Waals surface area (Å²) >= 11 is 0. The van der Waals surface area contributed by atoms with E-state index in [1.54, 1.807) is 0 Å². The molecule has 0 aliphatic carbocycles. The molecule has 206 valence electrons. The van der Waals surface area contributed by atoms with E-state index in [2.05, 4.69) is 5.32 Å². The van der Waals surface area contributed by atoms with Crippen LogP contribution in [0.4, 0.5) is 0 Å². The second kappa shape index (κ2) is 17.1. The summed E-state index contributed by atoms with van der Waals surface area (Å²) in [6.07, 6.45) is 0.468. The van der Waals surface area contributed by atoms with Crippen LogP contribution in [-0.2, 0) is 28.8 Å². The molecule has 0 spiro atoms. The molecule has 0 unspecified atom stereocenters. The highest BCUT2D eigenvalue weighted by Crippen LogP contribution is 2.00. The lowest BCUT2D eigenvalue weighted by Crippen LogP contribution is -2.60. The smallest absolute Gasteiger partial charge is 0.326 e. The van der Waals surface area contributed by atoms with Gasteiger partial charge < -0.3 is 58.3 Å². The summed E-state index contributed by atoms with van der Waals surface area (Å²) < 4.78 is 0. The zero-order valence-corrected chi connectivity index (χ0v) is 19.4. The molecule has 0 rings (SSSR count). The lowest BCUT2D eigenvalue weighted by atomic mass is 10.1. The van der Waals surface area contributed by atoms with Gasteiger partial charge in [-0.2, -0.15) is 0 Å². The first kappa shape index (κ1) is 32.6. The number of carboxylic acids is 2. The van der Waals surface area contributed by atoms with E-state index in [0.717, 1.165) is 0 Å². The Morgan fingerprint density at radius 3 is 1.36 bits per heavy atom. The molecule has 0 saturated heterocycles. The fourth-order valence-corrected chi connectivity index (χ4v) is 2.69. The van der Waals surface area contributed by atoms with Crippen molar-refractivity contribution in [2.24, 2.45) is 11.5 Å². The van der Waals surface area contributed by atoms with Gasteiger partial charge in [-0.15, -0.1) is 0 Å². The lowest BCUT2D eigenvalue weighted by molar-refractivity contribution is -0.147. The average molecular weight is 523 g/mol. The number of hydrogen-bond donors (Lipinski definition) is 11. The third-order valence-electron chi connectivity index (χ3n) is 4.75. The molecule has 36 heavy (non-hydrogen) atoms. The van der Waals surface area contributed by atoms with E-state index in [-0.39, 0.29) is 6.42 Å². The maximum atomic E-state index is 12.4. The third-order valence-corrected chi connectivity index (χ3v) is 4.75. The molecule has 17 heteroatoms. The minimum Gasteiger partial charge on any atom is -0.481 e.